The van der Waals surface area contributed by atoms with Crippen LogP contribution in [0.3, 0.4) is 0 Å². The minimum Gasteiger partial charge on any atom is -0.497 e. The summed E-state index contributed by atoms with van der Waals surface area (Å²) in [7, 11) is 3.89. The number of nitrogens with one attached hydrogen (secondary N) is 1. The molecule has 0 heterocycles. The monoisotopic (exact) mass is 278 g/mol. The largest absolute Gasteiger partial charge is 0.497 e. The quantitative estimate of drug-likeness (QED) is 0.828. The number of rotatable bonds is 7. The van der Waals surface area contributed by atoms with Crippen LogP contribution in [0.5, 0.6) is 5.75 Å². The summed E-state index contributed by atoms with van der Waals surface area (Å²) in [6.07, 6.45) is 1.15. The standard InChI is InChI=1S/C17H30N2O/c1-14(10-11-18-17(2,3)4)19(5)13-15-8-7-9-16(12-15)20-6/h7-9,12,14,18H,10-11,13H2,1-6H3. The fraction of sp³-hybridized carbons (Fsp3) is 0.647. The summed E-state index contributed by atoms with van der Waals surface area (Å²) in [4.78, 5) is 2.39. The van der Waals surface area contributed by atoms with Gasteiger partial charge in [-0.1, -0.05) is 12.1 Å². The van der Waals surface area contributed by atoms with Crippen molar-refractivity contribution in [3.63, 3.8) is 0 Å². The van der Waals surface area contributed by atoms with E-state index >= 15 is 0 Å². The molecule has 0 aliphatic heterocycles. The van der Waals surface area contributed by atoms with Crippen molar-refractivity contribution in [1.29, 1.82) is 0 Å². The highest BCUT2D eigenvalue weighted by Gasteiger charge is 2.12. The van der Waals surface area contributed by atoms with Crippen LogP contribution in [0.15, 0.2) is 24.3 Å². The first-order valence-corrected chi connectivity index (χ1v) is 7.40. The van der Waals surface area contributed by atoms with Crippen LogP contribution in [0.1, 0.15) is 39.7 Å². The van der Waals surface area contributed by atoms with E-state index in [9.17, 15) is 0 Å². The molecule has 0 fully saturated rings. The van der Waals surface area contributed by atoms with Crippen molar-refractivity contribution in [2.75, 3.05) is 20.7 Å². The zero-order chi connectivity index (χ0) is 15.2. The molecule has 0 aromatic heterocycles. The molecule has 0 radical (unpaired) electrons. The molecule has 1 atom stereocenters. The van der Waals surface area contributed by atoms with E-state index < -0.39 is 0 Å². The van der Waals surface area contributed by atoms with Gasteiger partial charge in [0.05, 0.1) is 7.11 Å². The van der Waals surface area contributed by atoms with Crippen LogP contribution >= 0.6 is 0 Å². The molecule has 0 spiro atoms. The second-order valence-electron chi connectivity index (χ2n) is 6.58. The highest BCUT2D eigenvalue weighted by molar-refractivity contribution is 5.28. The van der Waals surface area contributed by atoms with Gasteiger partial charge in [-0.2, -0.15) is 0 Å². The minimum absolute atomic E-state index is 0.199. The van der Waals surface area contributed by atoms with Gasteiger partial charge in [0.1, 0.15) is 5.75 Å². The van der Waals surface area contributed by atoms with Gasteiger partial charge in [0.15, 0.2) is 0 Å². The second kappa shape index (κ2) is 7.65. The van der Waals surface area contributed by atoms with E-state index in [0.717, 1.165) is 25.3 Å². The molecular weight excluding hydrogens is 248 g/mol. The zero-order valence-electron chi connectivity index (χ0n) is 13.9. The van der Waals surface area contributed by atoms with Gasteiger partial charge in [-0.15, -0.1) is 0 Å². The summed E-state index contributed by atoms with van der Waals surface area (Å²) in [5, 5.41) is 3.54. The first-order chi connectivity index (χ1) is 9.31. The van der Waals surface area contributed by atoms with E-state index in [1.54, 1.807) is 7.11 Å². The zero-order valence-corrected chi connectivity index (χ0v) is 13.9. The Morgan fingerprint density at radius 3 is 2.60 bits per heavy atom. The van der Waals surface area contributed by atoms with Gasteiger partial charge in [0, 0.05) is 18.1 Å². The molecule has 1 rings (SSSR count). The van der Waals surface area contributed by atoms with Crippen LogP contribution < -0.4 is 10.1 Å². The maximum Gasteiger partial charge on any atom is 0.119 e. The van der Waals surface area contributed by atoms with Gasteiger partial charge in [0.2, 0.25) is 0 Å². The summed E-state index contributed by atoms with van der Waals surface area (Å²) >= 11 is 0. The molecule has 1 aromatic carbocycles. The Morgan fingerprint density at radius 1 is 1.30 bits per heavy atom. The summed E-state index contributed by atoms with van der Waals surface area (Å²) in [5.41, 5.74) is 1.49. The molecule has 0 bridgehead atoms. The first kappa shape index (κ1) is 17.0. The molecule has 1 N–H and O–H groups in total. The van der Waals surface area contributed by atoms with Crippen molar-refractivity contribution >= 4 is 0 Å². The van der Waals surface area contributed by atoms with E-state index in [4.69, 9.17) is 4.74 Å². The van der Waals surface area contributed by atoms with Gasteiger partial charge >= 0.3 is 0 Å². The van der Waals surface area contributed by atoms with Crippen molar-refractivity contribution in [3.05, 3.63) is 29.8 Å². The smallest absolute Gasteiger partial charge is 0.119 e. The number of hydrogen-bond acceptors (Lipinski definition) is 3. The highest BCUT2D eigenvalue weighted by atomic mass is 16.5. The summed E-state index contributed by atoms with van der Waals surface area (Å²) < 4.78 is 5.27. The molecule has 3 nitrogen and oxygen atoms in total. The van der Waals surface area contributed by atoms with Crippen molar-refractivity contribution < 1.29 is 4.74 Å². The maximum absolute atomic E-state index is 5.27. The minimum atomic E-state index is 0.199. The Hall–Kier alpha value is -1.06. The Balaban J connectivity index is 2.42. The van der Waals surface area contributed by atoms with E-state index in [1.807, 2.05) is 12.1 Å². The number of benzene rings is 1. The Bertz CT molecular complexity index is 398. The van der Waals surface area contributed by atoms with E-state index in [-0.39, 0.29) is 5.54 Å². The molecule has 0 aliphatic carbocycles. The van der Waals surface area contributed by atoms with Crippen LogP contribution in [0, 0.1) is 0 Å². The Kier molecular flexibility index (Phi) is 6.50. The molecule has 1 unspecified atom stereocenters. The third kappa shape index (κ3) is 6.40. The molecule has 0 aliphatic rings. The predicted octanol–water partition coefficient (Wildman–Crippen LogP) is 3.29. The van der Waals surface area contributed by atoms with Crippen LogP contribution in [-0.4, -0.2) is 37.2 Å². The van der Waals surface area contributed by atoms with Gasteiger partial charge < -0.3 is 10.1 Å². The van der Waals surface area contributed by atoms with Crippen LogP contribution in [-0.2, 0) is 6.54 Å². The molecule has 0 saturated heterocycles. The third-order valence-corrected chi connectivity index (χ3v) is 3.54. The highest BCUT2D eigenvalue weighted by Crippen LogP contribution is 2.15. The van der Waals surface area contributed by atoms with Crippen molar-refractivity contribution in [2.24, 2.45) is 0 Å². The van der Waals surface area contributed by atoms with Gasteiger partial charge in [-0.05, 0) is 65.4 Å². The number of ether oxygens (including phenoxy) is 1. The van der Waals surface area contributed by atoms with Crippen molar-refractivity contribution in [3.8, 4) is 5.75 Å². The summed E-state index contributed by atoms with van der Waals surface area (Å²) in [6, 6.07) is 8.85. The van der Waals surface area contributed by atoms with E-state index in [0.29, 0.717) is 6.04 Å². The fourth-order valence-electron chi connectivity index (χ4n) is 2.09. The molecule has 0 amide bonds. The summed E-state index contributed by atoms with van der Waals surface area (Å²) in [5.74, 6) is 0.929. The number of nitrogens with zero attached hydrogens (tertiary/aromatic N) is 1. The Labute approximate surface area is 124 Å². The summed E-state index contributed by atoms with van der Waals surface area (Å²) in [6.45, 7) is 10.9. The van der Waals surface area contributed by atoms with Gasteiger partial charge in [-0.3, -0.25) is 4.90 Å². The maximum atomic E-state index is 5.27. The second-order valence-corrected chi connectivity index (χ2v) is 6.58. The van der Waals surface area contributed by atoms with E-state index in [2.05, 4.69) is 57.1 Å². The molecule has 114 valence electrons. The number of hydrogen-bond donors (Lipinski definition) is 1. The topological polar surface area (TPSA) is 24.5 Å². The lowest BCUT2D eigenvalue weighted by molar-refractivity contribution is 0.231. The lowest BCUT2D eigenvalue weighted by Gasteiger charge is -2.27. The van der Waals surface area contributed by atoms with E-state index in [1.165, 1.54) is 5.56 Å². The molecule has 0 saturated carbocycles. The van der Waals surface area contributed by atoms with Crippen molar-refractivity contribution in [1.82, 2.24) is 10.2 Å². The van der Waals surface area contributed by atoms with Crippen LogP contribution in [0.25, 0.3) is 0 Å². The average molecular weight is 278 g/mol. The first-order valence-electron chi connectivity index (χ1n) is 7.40. The van der Waals surface area contributed by atoms with Gasteiger partial charge in [0.25, 0.3) is 0 Å². The molecule has 3 heteroatoms. The van der Waals surface area contributed by atoms with Crippen LogP contribution in [0.2, 0.25) is 0 Å². The lowest BCUT2D eigenvalue weighted by Crippen LogP contribution is -2.39. The van der Waals surface area contributed by atoms with Crippen molar-refractivity contribution in [2.45, 2.75) is 52.2 Å². The normalized spacial score (nSPS) is 13.6. The van der Waals surface area contributed by atoms with Gasteiger partial charge in [-0.25, -0.2) is 0 Å². The predicted molar refractivity (Wildman–Crippen MR) is 86.3 cm³/mol. The molecular formula is C17H30N2O. The Morgan fingerprint density at radius 2 is 2.00 bits per heavy atom. The molecule has 20 heavy (non-hydrogen) atoms. The fourth-order valence-corrected chi connectivity index (χ4v) is 2.09. The molecule has 1 aromatic rings. The average Bonchev–Trinajstić information content (AvgIpc) is 2.37. The number of methoxy groups -OCH3 is 1. The van der Waals surface area contributed by atoms with Crippen LogP contribution in [0.4, 0.5) is 0 Å². The SMILES string of the molecule is COc1cccc(CN(C)C(C)CCNC(C)(C)C)c1. The third-order valence-electron chi connectivity index (χ3n) is 3.54. The lowest BCUT2D eigenvalue weighted by atomic mass is 10.1.